The third-order valence-corrected chi connectivity index (χ3v) is 4.74. The topological polar surface area (TPSA) is 15.3 Å². The molecule has 0 spiro atoms. The molecule has 1 heterocycles. The zero-order valence-corrected chi connectivity index (χ0v) is 11.8. The highest BCUT2D eigenvalue weighted by Gasteiger charge is 2.35. The summed E-state index contributed by atoms with van der Waals surface area (Å²) in [6.07, 6.45) is 9.91. The molecular weight excluding hydrogens is 208 g/mol. The quantitative estimate of drug-likeness (QED) is 0.765. The lowest BCUT2D eigenvalue weighted by Crippen LogP contribution is -2.49. The van der Waals surface area contributed by atoms with Crippen LogP contribution in [-0.4, -0.2) is 36.6 Å². The molecule has 100 valence electrons. The molecule has 2 aliphatic rings. The molecule has 1 saturated carbocycles. The third-order valence-electron chi connectivity index (χ3n) is 4.74. The molecule has 0 aromatic heterocycles. The van der Waals surface area contributed by atoms with Gasteiger partial charge in [-0.25, -0.2) is 0 Å². The van der Waals surface area contributed by atoms with E-state index in [1.165, 1.54) is 64.6 Å². The first-order valence-corrected chi connectivity index (χ1v) is 7.82. The molecule has 1 aliphatic heterocycles. The van der Waals surface area contributed by atoms with Crippen LogP contribution in [0, 0.1) is 5.92 Å². The van der Waals surface area contributed by atoms with Gasteiger partial charge in [-0.05, 0) is 57.5 Å². The van der Waals surface area contributed by atoms with Crippen LogP contribution in [-0.2, 0) is 0 Å². The first-order valence-electron chi connectivity index (χ1n) is 7.82. The van der Waals surface area contributed by atoms with Crippen molar-refractivity contribution in [2.45, 2.75) is 70.9 Å². The molecular formula is C15H30N2. The standard InChI is InChI=1S/C15H30N2/c1-3-10-16-14(4-2)12-17-11-6-8-13-7-5-9-15(13)17/h13-16H,3-12H2,1-2H3. The van der Waals surface area contributed by atoms with Gasteiger partial charge in [0.15, 0.2) is 0 Å². The number of piperidine rings is 1. The Balaban J connectivity index is 1.83. The Bertz CT molecular complexity index is 217. The molecule has 0 radical (unpaired) electrons. The molecule has 2 fully saturated rings. The molecule has 3 unspecified atom stereocenters. The molecule has 3 atom stereocenters. The van der Waals surface area contributed by atoms with E-state index in [0.717, 1.165) is 12.0 Å². The highest BCUT2D eigenvalue weighted by atomic mass is 15.2. The molecule has 2 heteroatoms. The maximum Gasteiger partial charge on any atom is 0.0192 e. The van der Waals surface area contributed by atoms with E-state index in [0.29, 0.717) is 6.04 Å². The lowest BCUT2D eigenvalue weighted by molar-refractivity contribution is 0.100. The van der Waals surface area contributed by atoms with Crippen molar-refractivity contribution >= 4 is 0 Å². The molecule has 0 aromatic carbocycles. The second-order valence-electron chi connectivity index (χ2n) is 5.95. The van der Waals surface area contributed by atoms with Gasteiger partial charge in [-0.3, -0.25) is 4.90 Å². The highest BCUT2D eigenvalue weighted by Crippen LogP contribution is 2.36. The van der Waals surface area contributed by atoms with Gasteiger partial charge in [-0.1, -0.05) is 20.3 Å². The normalized spacial score (nSPS) is 31.4. The van der Waals surface area contributed by atoms with Crippen LogP contribution in [0.15, 0.2) is 0 Å². The summed E-state index contributed by atoms with van der Waals surface area (Å²) in [7, 11) is 0. The van der Waals surface area contributed by atoms with E-state index in [1.54, 1.807) is 0 Å². The average Bonchev–Trinajstić information content (AvgIpc) is 2.83. The summed E-state index contributed by atoms with van der Waals surface area (Å²) in [5.41, 5.74) is 0. The second kappa shape index (κ2) is 6.75. The first kappa shape index (κ1) is 13.4. The van der Waals surface area contributed by atoms with Crippen LogP contribution in [0.1, 0.15) is 58.8 Å². The summed E-state index contributed by atoms with van der Waals surface area (Å²) < 4.78 is 0. The summed E-state index contributed by atoms with van der Waals surface area (Å²) in [5, 5.41) is 3.70. The Morgan fingerprint density at radius 2 is 2.00 bits per heavy atom. The van der Waals surface area contributed by atoms with Crippen molar-refractivity contribution in [1.29, 1.82) is 0 Å². The van der Waals surface area contributed by atoms with Crippen LogP contribution in [0.2, 0.25) is 0 Å². The molecule has 0 aromatic rings. The Morgan fingerprint density at radius 3 is 2.76 bits per heavy atom. The summed E-state index contributed by atoms with van der Waals surface area (Å²) in [6.45, 7) is 8.40. The number of nitrogens with zero attached hydrogens (tertiary/aromatic N) is 1. The van der Waals surface area contributed by atoms with E-state index >= 15 is 0 Å². The fourth-order valence-corrected chi connectivity index (χ4v) is 3.75. The van der Waals surface area contributed by atoms with E-state index < -0.39 is 0 Å². The molecule has 2 rings (SSSR count). The third kappa shape index (κ3) is 3.45. The maximum absolute atomic E-state index is 3.70. The van der Waals surface area contributed by atoms with Crippen LogP contribution < -0.4 is 5.32 Å². The molecule has 0 bridgehead atoms. The van der Waals surface area contributed by atoms with Crippen molar-refractivity contribution in [2.75, 3.05) is 19.6 Å². The predicted molar refractivity (Wildman–Crippen MR) is 74.3 cm³/mol. The highest BCUT2D eigenvalue weighted by molar-refractivity contribution is 4.90. The van der Waals surface area contributed by atoms with Crippen molar-refractivity contribution in [3.63, 3.8) is 0 Å². The SMILES string of the molecule is CCCNC(CC)CN1CCCC2CCCC21. The molecule has 1 saturated heterocycles. The van der Waals surface area contributed by atoms with Gasteiger partial charge in [0.25, 0.3) is 0 Å². The van der Waals surface area contributed by atoms with Crippen molar-refractivity contribution in [3.05, 3.63) is 0 Å². The first-order chi connectivity index (χ1) is 8.35. The number of rotatable bonds is 6. The number of likely N-dealkylation sites (tertiary alicyclic amines) is 1. The summed E-state index contributed by atoms with van der Waals surface area (Å²) >= 11 is 0. The minimum Gasteiger partial charge on any atom is -0.313 e. The van der Waals surface area contributed by atoms with Crippen molar-refractivity contribution in [2.24, 2.45) is 5.92 Å². The van der Waals surface area contributed by atoms with Crippen molar-refractivity contribution in [1.82, 2.24) is 10.2 Å². The summed E-state index contributed by atoms with van der Waals surface area (Å²) in [5.74, 6) is 1.03. The maximum atomic E-state index is 3.70. The summed E-state index contributed by atoms with van der Waals surface area (Å²) in [4.78, 5) is 2.80. The van der Waals surface area contributed by atoms with E-state index in [9.17, 15) is 0 Å². The van der Waals surface area contributed by atoms with Gasteiger partial charge in [0.2, 0.25) is 0 Å². The average molecular weight is 238 g/mol. The largest absolute Gasteiger partial charge is 0.313 e. The van der Waals surface area contributed by atoms with Gasteiger partial charge in [-0.15, -0.1) is 0 Å². The lowest BCUT2D eigenvalue weighted by Gasteiger charge is -2.39. The van der Waals surface area contributed by atoms with Gasteiger partial charge in [0, 0.05) is 18.6 Å². The number of hydrogen-bond acceptors (Lipinski definition) is 2. The van der Waals surface area contributed by atoms with Crippen LogP contribution in [0.25, 0.3) is 0 Å². The second-order valence-corrected chi connectivity index (χ2v) is 5.95. The number of hydrogen-bond donors (Lipinski definition) is 1. The van der Waals surface area contributed by atoms with E-state index in [4.69, 9.17) is 0 Å². The van der Waals surface area contributed by atoms with Gasteiger partial charge in [0.1, 0.15) is 0 Å². The summed E-state index contributed by atoms with van der Waals surface area (Å²) in [6, 6.07) is 1.65. The minimum atomic E-state index is 0.717. The molecule has 1 N–H and O–H groups in total. The minimum absolute atomic E-state index is 0.717. The smallest absolute Gasteiger partial charge is 0.0192 e. The Hall–Kier alpha value is -0.0800. The van der Waals surface area contributed by atoms with Crippen molar-refractivity contribution < 1.29 is 0 Å². The zero-order chi connectivity index (χ0) is 12.1. The Labute approximate surface area is 107 Å². The fourth-order valence-electron chi connectivity index (χ4n) is 3.75. The van der Waals surface area contributed by atoms with E-state index in [-0.39, 0.29) is 0 Å². The van der Waals surface area contributed by atoms with Gasteiger partial charge in [-0.2, -0.15) is 0 Å². The predicted octanol–water partition coefficient (Wildman–Crippen LogP) is 3.03. The zero-order valence-electron chi connectivity index (χ0n) is 11.8. The van der Waals surface area contributed by atoms with E-state index in [1.807, 2.05) is 0 Å². The van der Waals surface area contributed by atoms with Crippen LogP contribution in [0.3, 0.4) is 0 Å². The van der Waals surface area contributed by atoms with Crippen LogP contribution >= 0.6 is 0 Å². The monoisotopic (exact) mass is 238 g/mol. The van der Waals surface area contributed by atoms with Crippen LogP contribution in [0.5, 0.6) is 0 Å². The van der Waals surface area contributed by atoms with Gasteiger partial charge >= 0.3 is 0 Å². The molecule has 0 amide bonds. The van der Waals surface area contributed by atoms with Crippen molar-refractivity contribution in [3.8, 4) is 0 Å². The van der Waals surface area contributed by atoms with Gasteiger partial charge < -0.3 is 5.32 Å². The lowest BCUT2D eigenvalue weighted by atomic mass is 9.91. The Kier molecular flexibility index (Phi) is 5.30. The van der Waals surface area contributed by atoms with E-state index in [2.05, 4.69) is 24.1 Å². The Morgan fingerprint density at radius 1 is 1.18 bits per heavy atom. The molecule has 17 heavy (non-hydrogen) atoms. The number of fused-ring (bicyclic) bond motifs is 1. The number of nitrogens with one attached hydrogen (secondary N) is 1. The molecule has 2 nitrogen and oxygen atoms in total. The molecule has 1 aliphatic carbocycles. The van der Waals surface area contributed by atoms with Gasteiger partial charge in [0.05, 0.1) is 0 Å². The van der Waals surface area contributed by atoms with Crippen LogP contribution in [0.4, 0.5) is 0 Å². The fraction of sp³-hybridized carbons (Fsp3) is 1.00.